The van der Waals surface area contributed by atoms with Gasteiger partial charge in [0.05, 0.1) is 12.1 Å². The van der Waals surface area contributed by atoms with Crippen LogP contribution in [0.5, 0.6) is 0 Å². The fourth-order valence-corrected chi connectivity index (χ4v) is 2.98. The zero-order valence-electron chi connectivity index (χ0n) is 10.3. The molecule has 1 aromatic carbocycles. The highest BCUT2D eigenvalue weighted by Crippen LogP contribution is 2.27. The molecule has 3 rings (SSSR count). The molecule has 0 bridgehead atoms. The molecule has 4 heteroatoms. The third-order valence-electron chi connectivity index (χ3n) is 3.06. The van der Waals surface area contributed by atoms with E-state index in [0.717, 1.165) is 34.7 Å². The van der Waals surface area contributed by atoms with E-state index in [-0.39, 0.29) is 0 Å². The van der Waals surface area contributed by atoms with E-state index in [1.54, 1.807) is 0 Å². The Hall–Kier alpha value is -1.55. The molecule has 2 aromatic rings. The summed E-state index contributed by atoms with van der Waals surface area (Å²) in [5.41, 5.74) is 2.10. The van der Waals surface area contributed by atoms with E-state index >= 15 is 0 Å². The second kappa shape index (κ2) is 4.98. The van der Waals surface area contributed by atoms with E-state index in [1.165, 1.54) is 0 Å². The maximum Gasteiger partial charge on any atom is 0.161 e. The van der Waals surface area contributed by atoms with Crippen LogP contribution in [0.25, 0.3) is 10.9 Å². The molecule has 0 fully saturated rings. The quantitative estimate of drug-likeness (QED) is 0.894. The smallest absolute Gasteiger partial charge is 0.161 e. The predicted octanol–water partition coefficient (Wildman–Crippen LogP) is 3.53. The normalized spacial score (nSPS) is 18.9. The second-order valence-corrected chi connectivity index (χ2v) is 5.58. The van der Waals surface area contributed by atoms with Crippen molar-refractivity contribution in [2.75, 3.05) is 11.9 Å². The number of thioether (sulfide) groups is 1. The highest BCUT2D eigenvalue weighted by Gasteiger charge is 2.18. The number of benzene rings is 1. The number of hydrogen-bond acceptors (Lipinski definition) is 4. The zero-order valence-corrected chi connectivity index (χ0v) is 11.1. The molecule has 3 nitrogen and oxygen atoms in total. The van der Waals surface area contributed by atoms with Gasteiger partial charge in [0.1, 0.15) is 0 Å². The van der Waals surface area contributed by atoms with E-state index in [0.29, 0.717) is 5.25 Å². The molecule has 1 aliphatic rings. The molecular formula is C14H15N3S. The first-order valence-corrected chi connectivity index (χ1v) is 7.06. The van der Waals surface area contributed by atoms with Crippen molar-refractivity contribution in [3.8, 4) is 0 Å². The largest absolute Gasteiger partial charge is 0.334 e. The van der Waals surface area contributed by atoms with Crippen LogP contribution in [0.1, 0.15) is 13.3 Å². The summed E-state index contributed by atoms with van der Waals surface area (Å²) in [5.74, 6) is 0. The molecule has 92 valence electrons. The average Bonchev–Trinajstić information content (AvgIpc) is 2.87. The van der Waals surface area contributed by atoms with Crippen molar-refractivity contribution < 1.29 is 0 Å². The Morgan fingerprint density at radius 1 is 1.33 bits per heavy atom. The van der Waals surface area contributed by atoms with Gasteiger partial charge in [0.15, 0.2) is 5.17 Å². The van der Waals surface area contributed by atoms with Crippen LogP contribution in [0.3, 0.4) is 0 Å². The van der Waals surface area contributed by atoms with Gasteiger partial charge in [-0.2, -0.15) is 0 Å². The van der Waals surface area contributed by atoms with Crippen LogP contribution < -0.4 is 5.32 Å². The SMILES string of the molecule is CCC1CN=C(Nc2cccc3ncccc23)S1. The van der Waals surface area contributed by atoms with Crippen LogP contribution in [0, 0.1) is 0 Å². The topological polar surface area (TPSA) is 37.3 Å². The Labute approximate surface area is 111 Å². The Kier molecular flexibility index (Phi) is 3.19. The van der Waals surface area contributed by atoms with Crippen LogP contribution in [0.15, 0.2) is 41.5 Å². The first-order chi connectivity index (χ1) is 8.86. The summed E-state index contributed by atoms with van der Waals surface area (Å²) in [5, 5.41) is 6.21. The van der Waals surface area contributed by atoms with Gasteiger partial charge in [-0.05, 0) is 30.7 Å². The Balaban J connectivity index is 1.87. The number of aromatic nitrogens is 1. The minimum absolute atomic E-state index is 0.626. The lowest BCUT2D eigenvalue weighted by molar-refractivity contribution is 0.844. The monoisotopic (exact) mass is 257 g/mol. The van der Waals surface area contributed by atoms with Crippen molar-refractivity contribution in [2.24, 2.45) is 4.99 Å². The number of pyridine rings is 1. The van der Waals surface area contributed by atoms with Crippen molar-refractivity contribution in [3.63, 3.8) is 0 Å². The predicted molar refractivity (Wildman–Crippen MR) is 79.3 cm³/mol. The molecule has 1 aromatic heterocycles. The molecule has 18 heavy (non-hydrogen) atoms. The number of aliphatic imine (C=N–C) groups is 1. The number of nitrogens with zero attached hydrogens (tertiary/aromatic N) is 2. The van der Waals surface area contributed by atoms with Gasteiger partial charge in [-0.3, -0.25) is 9.98 Å². The maximum absolute atomic E-state index is 4.54. The van der Waals surface area contributed by atoms with Crippen molar-refractivity contribution in [1.29, 1.82) is 0 Å². The maximum atomic E-state index is 4.54. The zero-order chi connectivity index (χ0) is 12.4. The summed E-state index contributed by atoms with van der Waals surface area (Å²) < 4.78 is 0. The van der Waals surface area contributed by atoms with E-state index in [9.17, 15) is 0 Å². The van der Waals surface area contributed by atoms with Crippen molar-refractivity contribution in [1.82, 2.24) is 4.98 Å². The van der Waals surface area contributed by atoms with Crippen LogP contribution in [0.2, 0.25) is 0 Å². The highest BCUT2D eigenvalue weighted by atomic mass is 32.2. The first kappa shape index (κ1) is 11.5. The second-order valence-electron chi connectivity index (χ2n) is 4.29. The summed E-state index contributed by atoms with van der Waals surface area (Å²) in [4.78, 5) is 8.90. The van der Waals surface area contributed by atoms with E-state index in [1.807, 2.05) is 36.2 Å². The van der Waals surface area contributed by atoms with Crippen molar-refractivity contribution in [3.05, 3.63) is 36.5 Å². The minimum Gasteiger partial charge on any atom is -0.334 e. The van der Waals surface area contributed by atoms with E-state index in [2.05, 4.69) is 34.3 Å². The summed E-state index contributed by atoms with van der Waals surface area (Å²) >= 11 is 1.83. The molecule has 0 radical (unpaired) electrons. The summed E-state index contributed by atoms with van der Waals surface area (Å²) in [6, 6.07) is 10.2. The van der Waals surface area contributed by atoms with E-state index < -0.39 is 0 Å². The van der Waals surface area contributed by atoms with E-state index in [4.69, 9.17) is 0 Å². The van der Waals surface area contributed by atoms with Crippen LogP contribution >= 0.6 is 11.8 Å². The molecule has 0 saturated carbocycles. The minimum atomic E-state index is 0.626. The van der Waals surface area contributed by atoms with Gasteiger partial charge in [-0.1, -0.05) is 24.8 Å². The lowest BCUT2D eigenvalue weighted by Crippen LogP contribution is -2.07. The molecule has 1 aliphatic heterocycles. The molecule has 0 aliphatic carbocycles. The Bertz CT molecular complexity index is 589. The van der Waals surface area contributed by atoms with Crippen molar-refractivity contribution in [2.45, 2.75) is 18.6 Å². The molecule has 0 spiro atoms. The summed E-state index contributed by atoms with van der Waals surface area (Å²) in [6.07, 6.45) is 2.98. The van der Waals surface area contributed by atoms with Gasteiger partial charge in [-0.25, -0.2) is 0 Å². The lowest BCUT2D eigenvalue weighted by Gasteiger charge is -2.09. The molecule has 2 heterocycles. The summed E-state index contributed by atoms with van der Waals surface area (Å²) in [7, 11) is 0. The molecular weight excluding hydrogens is 242 g/mol. The molecule has 1 atom stereocenters. The van der Waals surface area contributed by atoms with Gasteiger partial charge in [0.25, 0.3) is 0 Å². The van der Waals surface area contributed by atoms with Crippen LogP contribution in [-0.2, 0) is 0 Å². The number of fused-ring (bicyclic) bond motifs is 1. The highest BCUT2D eigenvalue weighted by molar-refractivity contribution is 8.15. The third-order valence-corrected chi connectivity index (χ3v) is 4.33. The van der Waals surface area contributed by atoms with Gasteiger partial charge >= 0.3 is 0 Å². The third kappa shape index (κ3) is 2.20. The van der Waals surface area contributed by atoms with Crippen molar-refractivity contribution >= 4 is 33.5 Å². The van der Waals surface area contributed by atoms with Gasteiger partial charge in [0, 0.05) is 22.5 Å². The number of amidine groups is 1. The van der Waals surface area contributed by atoms with Gasteiger partial charge < -0.3 is 5.32 Å². The Morgan fingerprint density at radius 2 is 2.28 bits per heavy atom. The number of hydrogen-bond donors (Lipinski definition) is 1. The Morgan fingerprint density at radius 3 is 3.11 bits per heavy atom. The molecule has 1 N–H and O–H groups in total. The average molecular weight is 257 g/mol. The summed E-state index contributed by atoms with van der Waals surface area (Å²) in [6.45, 7) is 3.13. The van der Waals surface area contributed by atoms with Gasteiger partial charge in [0.2, 0.25) is 0 Å². The fourth-order valence-electron chi connectivity index (χ4n) is 2.03. The number of rotatable bonds is 2. The molecule has 0 amide bonds. The van der Waals surface area contributed by atoms with Crippen LogP contribution in [0.4, 0.5) is 5.69 Å². The van der Waals surface area contributed by atoms with Gasteiger partial charge in [-0.15, -0.1) is 0 Å². The first-order valence-electron chi connectivity index (χ1n) is 6.18. The fraction of sp³-hybridized carbons (Fsp3) is 0.286. The number of nitrogens with one attached hydrogen (secondary N) is 1. The van der Waals surface area contributed by atoms with Crippen LogP contribution in [-0.4, -0.2) is 21.9 Å². The molecule has 0 saturated heterocycles. The lowest BCUT2D eigenvalue weighted by atomic mass is 10.2. The number of anilines is 1. The standard InChI is InChI=1S/C14H15N3S/c1-2-10-9-16-14(18-10)17-13-7-3-6-12-11(13)5-4-8-15-12/h3-8,10H,2,9H2,1H3,(H,16,17). The molecule has 1 unspecified atom stereocenters.